The standard InChI is InChI=1S/C18H25N5O2/c1-11(2)15-20-14-12(4-8-19-17(14)25)16(21-15)23-9-6-18(7-10-23)5-3-13(24)22-18/h11H,3-10H2,1-2H3,(H,19,25)(H,22,24). The molecule has 0 atom stereocenters. The van der Waals surface area contributed by atoms with Crippen molar-refractivity contribution in [3.8, 4) is 0 Å². The topological polar surface area (TPSA) is 87.2 Å². The molecule has 1 spiro atoms. The van der Waals surface area contributed by atoms with Crippen LogP contribution >= 0.6 is 0 Å². The number of fused-ring (bicyclic) bond motifs is 1. The van der Waals surface area contributed by atoms with E-state index in [0.29, 0.717) is 18.7 Å². The van der Waals surface area contributed by atoms with Crippen molar-refractivity contribution in [1.82, 2.24) is 20.6 Å². The number of hydrogen-bond donors (Lipinski definition) is 2. The highest BCUT2D eigenvalue weighted by Gasteiger charge is 2.41. The molecular formula is C18H25N5O2. The lowest BCUT2D eigenvalue weighted by atomic mass is 9.86. The van der Waals surface area contributed by atoms with Gasteiger partial charge in [0.2, 0.25) is 5.91 Å². The minimum atomic E-state index is -0.0941. The molecule has 0 unspecified atom stereocenters. The zero-order valence-electron chi connectivity index (χ0n) is 14.9. The van der Waals surface area contributed by atoms with Crippen LogP contribution in [0.4, 0.5) is 5.82 Å². The summed E-state index contributed by atoms with van der Waals surface area (Å²) in [6.45, 7) is 6.43. The molecule has 1 aromatic rings. The van der Waals surface area contributed by atoms with Gasteiger partial charge in [0, 0.05) is 43.1 Å². The highest BCUT2D eigenvalue weighted by molar-refractivity contribution is 5.96. The van der Waals surface area contributed by atoms with Crippen molar-refractivity contribution in [2.45, 2.75) is 57.4 Å². The third kappa shape index (κ3) is 2.85. The third-order valence-corrected chi connectivity index (χ3v) is 5.65. The van der Waals surface area contributed by atoms with Crippen LogP contribution in [0.1, 0.15) is 67.3 Å². The summed E-state index contributed by atoms with van der Waals surface area (Å²) in [6.07, 6.45) is 4.20. The lowest BCUT2D eigenvalue weighted by molar-refractivity contribution is -0.119. The number of amides is 2. The van der Waals surface area contributed by atoms with E-state index in [0.717, 1.165) is 56.0 Å². The lowest BCUT2D eigenvalue weighted by Gasteiger charge is -2.40. The summed E-state index contributed by atoms with van der Waals surface area (Å²) < 4.78 is 0. The Bertz CT molecular complexity index is 722. The molecule has 0 aliphatic carbocycles. The normalized spacial score (nSPS) is 22.1. The number of nitrogens with one attached hydrogen (secondary N) is 2. The molecule has 2 saturated heterocycles. The predicted octanol–water partition coefficient (Wildman–Crippen LogP) is 1.13. The van der Waals surface area contributed by atoms with E-state index in [1.807, 2.05) is 13.8 Å². The van der Waals surface area contributed by atoms with Crippen molar-refractivity contribution >= 4 is 17.6 Å². The van der Waals surface area contributed by atoms with Crippen molar-refractivity contribution in [3.63, 3.8) is 0 Å². The SMILES string of the molecule is CC(C)c1nc2c(c(N3CCC4(CCC(=O)N4)CC3)n1)CCNC2=O. The van der Waals surface area contributed by atoms with E-state index < -0.39 is 0 Å². The zero-order valence-corrected chi connectivity index (χ0v) is 14.9. The largest absolute Gasteiger partial charge is 0.356 e. The van der Waals surface area contributed by atoms with Gasteiger partial charge in [0.25, 0.3) is 5.91 Å². The van der Waals surface area contributed by atoms with E-state index in [4.69, 9.17) is 4.98 Å². The second kappa shape index (κ2) is 5.97. The molecule has 7 heteroatoms. The Balaban J connectivity index is 1.64. The van der Waals surface area contributed by atoms with Crippen LogP contribution < -0.4 is 15.5 Å². The molecule has 0 aromatic carbocycles. The first-order valence-electron chi connectivity index (χ1n) is 9.22. The fourth-order valence-electron chi connectivity index (χ4n) is 4.11. The first-order chi connectivity index (χ1) is 12.0. The van der Waals surface area contributed by atoms with Crippen LogP contribution in [0.3, 0.4) is 0 Å². The smallest absolute Gasteiger partial charge is 0.270 e. The molecule has 25 heavy (non-hydrogen) atoms. The highest BCUT2D eigenvalue weighted by Crippen LogP contribution is 2.35. The molecule has 0 bridgehead atoms. The van der Waals surface area contributed by atoms with Crippen molar-refractivity contribution in [2.75, 3.05) is 24.5 Å². The maximum atomic E-state index is 12.3. The molecule has 2 amide bonds. The summed E-state index contributed by atoms with van der Waals surface area (Å²) in [4.78, 5) is 35.5. The predicted molar refractivity (Wildman–Crippen MR) is 93.7 cm³/mol. The third-order valence-electron chi connectivity index (χ3n) is 5.65. The number of aromatic nitrogens is 2. The maximum absolute atomic E-state index is 12.3. The van der Waals surface area contributed by atoms with Gasteiger partial charge >= 0.3 is 0 Å². The van der Waals surface area contributed by atoms with Gasteiger partial charge in [-0.15, -0.1) is 0 Å². The van der Waals surface area contributed by atoms with Crippen LogP contribution in [0.5, 0.6) is 0 Å². The number of carbonyl (C=O) groups excluding carboxylic acids is 2. The summed E-state index contributed by atoms with van der Waals surface area (Å²) >= 11 is 0. The second-order valence-electron chi connectivity index (χ2n) is 7.71. The molecule has 7 nitrogen and oxygen atoms in total. The van der Waals surface area contributed by atoms with Crippen LogP contribution in [0, 0.1) is 0 Å². The van der Waals surface area contributed by atoms with E-state index in [2.05, 4.69) is 20.5 Å². The van der Waals surface area contributed by atoms with Gasteiger partial charge in [-0.25, -0.2) is 9.97 Å². The fraction of sp³-hybridized carbons (Fsp3) is 0.667. The number of piperidine rings is 1. The molecule has 134 valence electrons. The van der Waals surface area contributed by atoms with Gasteiger partial charge in [-0.2, -0.15) is 0 Å². The number of carbonyl (C=O) groups is 2. The summed E-state index contributed by atoms with van der Waals surface area (Å²) in [5.41, 5.74) is 1.48. The van der Waals surface area contributed by atoms with Crippen molar-refractivity contribution < 1.29 is 9.59 Å². The number of anilines is 1. The summed E-state index contributed by atoms with van der Waals surface area (Å²) in [5, 5.41) is 6.06. The molecule has 0 saturated carbocycles. The monoisotopic (exact) mass is 343 g/mol. The van der Waals surface area contributed by atoms with Crippen LogP contribution in [0.2, 0.25) is 0 Å². The zero-order chi connectivity index (χ0) is 17.6. The van der Waals surface area contributed by atoms with Gasteiger partial charge in [-0.3, -0.25) is 9.59 Å². The van der Waals surface area contributed by atoms with Gasteiger partial charge in [0.1, 0.15) is 17.3 Å². The Morgan fingerprint density at radius 2 is 1.84 bits per heavy atom. The van der Waals surface area contributed by atoms with Gasteiger partial charge in [0.15, 0.2) is 0 Å². The summed E-state index contributed by atoms with van der Waals surface area (Å²) in [6, 6.07) is 0. The average Bonchev–Trinajstić information content (AvgIpc) is 2.96. The average molecular weight is 343 g/mol. The van der Waals surface area contributed by atoms with Crippen LogP contribution in [-0.2, 0) is 11.2 Å². The van der Waals surface area contributed by atoms with Crippen molar-refractivity contribution in [1.29, 1.82) is 0 Å². The minimum Gasteiger partial charge on any atom is -0.356 e. The van der Waals surface area contributed by atoms with E-state index in [1.54, 1.807) is 0 Å². The molecule has 3 aliphatic heterocycles. The molecule has 4 rings (SSSR count). The van der Waals surface area contributed by atoms with Gasteiger partial charge in [-0.05, 0) is 25.7 Å². The van der Waals surface area contributed by atoms with E-state index >= 15 is 0 Å². The molecule has 1 aromatic heterocycles. The Morgan fingerprint density at radius 1 is 1.08 bits per heavy atom. The van der Waals surface area contributed by atoms with Gasteiger partial charge < -0.3 is 15.5 Å². The van der Waals surface area contributed by atoms with E-state index in [-0.39, 0.29) is 23.3 Å². The van der Waals surface area contributed by atoms with Crippen LogP contribution in [-0.4, -0.2) is 47.0 Å². The Morgan fingerprint density at radius 3 is 2.48 bits per heavy atom. The van der Waals surface area contributed by atoms with Crippen LogP contribution in [0.25, 0.3) is 0 Å². The lowest BCUT2D eigenvalue weighted by Crippen LogP contribution is -2.51. The molecule has 2 N–H and O–H groups in total. The first-order valence-corrected chi connectivity index (χ1v) is 9.22. The molecular weight excluding hydrogens is 318 g/mol. The Kier molecular flexibility index (Phi) is 3.89. The highest BCUT2D eigenvalue weighted by atomic mass is 16.2. The summed E-state index contributed by atoms with van der Waals surface area (Å²) in [5.74, 6) is 1.89. The van der Waals surface area contributed by atoms with Gasteiger partial charge in [-0.1, -0.05) is 13.8 Å². The van der Waals surface area contributed by atoms with E-state index in [1.165, 1.54) is 0 Å². The first kappa shape index (κ1) is 16.3. The van der Waals surface area contributed by atoms with Crippen molar-refractivity contribution in [2.24, 2.45) is 0 Å². The molecule has 2 fully saturated rings. The van der Waals surface area contributed by atoms with Gasteiger partial charge in [0.05, 0.1) is 0 Å². The fourth-order valence-corrected chi connectivity index (χ4v) is 4.11. The molecule has 3 aliphatic rings. The number of rotatable bonds is 2. The Labute approximate surface area is 147 Å². The minimum absolute atomic E-state index is 0.0288. The number of hydrogen-bond acceptors (Lipinski definition) is 5. The number of nitrogens with zero attached hydrogens (tertiary/aromatic N) is 3. The van der Waals surface area contributed by atoms with Crippen LogP contribution in [0.15, 0.2) is 0 Å². The van der Waals surface area contributed by atoms with E-state index in [9.17, 15) is 9.59 Å². The molecule has 4 heterocycles. The second-order valence-corrected chi connectivity index (χ2v) is 7.71. The maximum Gasteiger partial charge on any atom is 0.270 e. The Hall–Kier alpha value is -2.18. The summed E-state index contributed by atoms with van der Waals surface area (Å²) in [7, 11) is 0. The quantitative estimate of drug-likeness (QED) is 0.841. The molecule has 0 radical (unpaired) electrons. The van der Waals surface area contributed by atoms with Crippen molar-refractivity contribution in [3.05, 3.63) is 17.1 Å².